The number of aromatic nitrogens is 2. The molecule has 0 spiro atoms. The van der Waals surface area contributed by atoms with Gasteiger partial charge in [-0.15, -0.1) is 0 Å². The number of amides is 10. The van der Waals surface area contributed by atoms with Gasteiger partial charge in [-0.1, -0.05) is 94.8 Å². The minimum atomic E-state index is -5.85. The molecule has 2 aliphatic carbocycles. The summed E-state index contributed by atoms with van der Waals surface area (Å²) < 4.78 is 53.2. The lowest BCUT2D eigenvalue weighted by molar-refractivity contribution is -0.148. The monoisotopic (exact) mass is 1950 g/mol. The highest BCUT2D eigenvalue weighted by Gasteiger charge is 2.46. The Bertz CT molecular complexity index is 5410. The van der Waals surface area contributed by atoms with Gasteiger partial charge in [-0.05, 0) is 149 Å². The molecule has 12 atom stereocenters. The number of carboxylic acids is 3. The molecule has 10 amide bonds. The topological polar surface area (TPSA) is 639 Å². The molecule has 0 bridgehead atoms. The van der Waals surface area contributed by atoms with Crippen LogP contribution >= 0.6 is 45.1 Å². The molecule has 48 heteroatoms. The highest BCUT2D eigenvalue weighted by molar-refractivity contribution is 8.76. The predicted molar refractivity (Wildman–Crippen MR) is 483 cm³/mol. The van der Waals surface area contributed by atoms with E-state index >= 15 is 0 Å². The van der Waals surface area contributed by atoms with Crippen molar-refractivity contribution in [2.75, 3.05) is 83.3 Å². The maximum atomic E-state index is 14.8. The van der Waals surface area contributed by atoms with Gasteiger partial charge in [-0.25, -0.2) is 23.3 Å². The SMILES string of the molecule is CCCc1cc2c(cc1C)C(c1ccccc1C(=O)N(C)CCCC(=O)NCCNC(=O)c1cccc(C(=O)NCCCCC(NC(=O)C3CCCN3C(=O)CCSSCCC(=O)NCC#Cc3cn([C@H]4CC(O)[C@@H](COP(=O)(O)OP(=O)(O)OP(=O)(O)O)O4)c(=O)nc3N)C(=O)N3CCCC3C(=O)NC(CC(=O)O)C(=O)NC(CC(=O)O)C(=O)O)c1)C1C=C(C)/C(=N/CC)C=C1C2. The van der Waals surface area contributed by atoms with E-state index in [0.29, 0.717) is 31.5 Å². The van der Waals surface area contributed by atoms with Gasteiger partial charge in [-0.2, -0.15) is 13.6 Å². The van der Waals surface area contributed by atoms with Crippen molar-refractivity contribution >= 4 is 134 Å². The van der Waals surface area contributed by atoms with E-state index in [1.54, 1.807) is 11.9 Å². The van der Waals surface area contributed by atoms with Crippen LogP contribution in [0.25, 0.3) is 0 Å². The number of fused-ring (bicyclic) bond motifs is 2. The van der Waals surface area contributed by atoms with Gasteiger partial charge in [0, 0.05) is 125 Å². The smallest absolute Gasteiger partial charge is 0.481 e. The quantitative estimate of drug-likeness (QED) is 0.0129. The fourth-order valence-electron chi connectivity index (χ4n) is 16.0. The van der Waals surface area contributed by atoms with E-state index in [2.05, 4.69) is 113 Å². The number of anilines is 1. The first-order valence-corrected chi connectivity index (χ1v) is 50.1. The molecule has 722 valence electrons. The van der Waals surface area contributed by atoms with Gasteiger partial charge in [0.25, 0.3) is 17.7 Å². The number of carbonyl (C=O) groups is 13. The van der Waals surface area contributed by atoms with Crippen molar-refractivity contribution in [2.45, 2.75) is 191 Å². The molecule has 10 unspecified atom stereocenters. The number of ether oxygens (including phenoxy) is 1. The number of nitrogens with one attached hydrogen (secondary N) is 7. The molecule has 4 aromatic rings. The predicted octanol–water partition coefficient (Wildman–Crippen LogP) is 3.83. The van der Waals surface area contributed by atoms with Crippen molar-refractivity contribution in [1.29, 1.82) is 0 Å². The Morgan fingerprint density at radius 3 is 2.04 bits per heavy atom. The Labute approximate surface area is 773 Å². The first-order chi connectivity index (χ1) is 63.0. The van der Waals surface area contributed by atoms with E-state index < -0.39 is 162 Å². The summed E-state index contributed by atoms with van der Waals surface area (Å²) >= 11 is 0. The summed E-state index contributed by atoms with van der Waals surface area (Å²) in [7, 11) is -12.8. The van der Waals surface area contributed by atoms with Crippen molar-refractivity contribution in [3.05, 3.63) is 151 Å². The van der Waals surface area contributed by atoms with E-state index in [-0.39, 0.29) is 161 Å². The Kier molecular flexibility index (Phi) is 39.4. The molecule has 3 aliphatic heterocycles. The number of unbranched alkanes of at least 4 members (excludes halogenated alkanes) is 1. The van der Waals surface area contributed by atoms with Gasteiger partial charge in [0.05, 0.1) is 43.4 Å². The fourth-order valence-corrected chi connectivity index (χ4v) is 21.0. The number of aliphatic hydroxyl groups is 1. The second kappa shape index (κ2) is 49.4. The first kappa shape index (κ1) is 106. The molecule has 0 saturated carbocycles. The Morgan fingerprint density at radius 2 is 1.37 bits per heavy atom. The van der Waals surface area contributed by atoms with Crippen molar-refractivity contribution in [1.82, 2.24) is 61.5 Å². The van der Waals surface area contributed by atoms with Crippen LogP contribution in [0.5, 0.6) is 0 Å². The number of nitrogen functional groups attached to an aromatic ring is 1. The Hall–Kier alpha value is -10.8. The van der Waals surface area contributed by atoms with Crippen molar-refractivity contribution in [2.24, 2.45) is 10.9 Å². The highest BCUT2D eigenvalue weighted by Crippen LogP contribution is 2.66. The molecule has 4 heterocycles. The fraction of sp³-hybridized carbons (Fsp3) is 0.506. The maximum Gasteiger partial charge on any atom is 0.490 e. The van der Waals surface area contributed by atoms with Crippen LogP contribution in [0, 0.1) is 24.7 Å². The molecule has 43 nitrogen and oxygen atoms in total. The van der Waals surface area contributed by atoms with Crippen LogP contribution in [0.4, 0.5) is 5.82 Å². The number of aryl methyl sites for hydroxylation is 2. The van der Waals surface area contributed by atoms with Gasteiger partial charge in [-0.3, -0.25) is 71.6 Å². The average Bonchev–Trinajstić information content (AvgIpc) is 1.03. The summed E-state index contributed by atoms with van der Waals surface area (Å²) in [5.74, 6) is -5.82. The van der Waals surface area contributed by atoms with Crippen molar-refractivity contribution < 1.29 is 134 Å². The number of phosphoric ester groups is 1. The third-order valence-corrected chi connectivity index (χ3v) is 28.6. The Balaban J connectivity index is 0.735. The number of rotatable bonds is 47. The molecule has 3 fully saturated rings. The van der Waals surface area contributed by atoms with Gasteiger partial charge >= 0.3 is 47.1 Å². The number of carbonyl (C=O) groups excluding carboxylic acids is 10. The summed E-state index contributed by atoms with van der Waals surface area (Å²) in [5, 5.41) is 57.0. The zero-order valence-corrected chi connectivity index (χ0v) is 78.0. The molecule has 1 aromatic heterocycles. The largest absolute Gasteiger partial charge is 0.490 e. The molecule has 0 radical (unpaired) electrons. The van der Waals surface area contributed by atoms with Crippen LogP contribution in [0.15, 0.2) is 99.9 Å². The number of hydrogen-bond acceptors (Lipinski definition) is 27. The van der Waals surface area contributed by atoms with Gasteiger partial charge in [0.2, 0.25) is 41.4 Å². The van der Waals surface area contributed by atoms with Gasteiger partial charge < -0.3 is 102 Å². The van der Waals surface area contributed by atoms with Crippen molar-refractivity contribution in [3.8, 4) is 11.8 Å². The standard InChI is InChI=1S/C85H111N14O29P3S2/c1-6-17-51-40-55-42-56-43-62(87-7-2)50(4)39-60(56)75(59(55)38-49(51)3)57-21-8-9-22-58(57)82(113)96(5)33-16-26-69(101)89-31-32-91-78(109)53-19-12-18-52(41-53)77(108)90-29-11-10-23-61(83(114)98-35-15-25-66(98)81(112)93-63(44-73(104)105)79(110)94-64(84(115)116)45-74(106)107)92-80(111)65-24-14-34-97(65)71(103)28-37-133-132-36-27-70(102)88-30-13-20-54-47-99(85(117)95-76(54)86)72-46-67(100)68(126-72)48-125-130(121,122)128-131(123,124)127-129(118,119)120/h8-9,12,18-19,21-22,38-41,43,47,60-61,63-68,72,75,100H,6-7,10-11,14-17,23-37,42,44-46,48H2,1-5H3,(H,88,102)(H,89,101)(H,90,108)(H,91,109)(H,92,111)(H,93,112)(H,94,110)(H,104,105)(H,106,107)(H,115,116)(H,121,122)(H,123,124)(H2,86,95,117)(H2,118,119,120)/b87-62+/t60?,61?,63?,64?,65?,66?,67?,68-,72-,75?/m1/s1. The summed E-state index contributed by atoms with van der Waals surface area (Å²) in [6.45, 7) is 8.41. The van der Waals surface area contributed by atoms with E-state index in [1.807, 2.05) is 30.4 Å². The van der Waals surface area contributed by atoms with Crippen LogP contribution in [0.2, 0.25) is 0 Å². The Morgan fingerprint density at radius 1 is 0.729 bits per heavy atom. The number of aliphatic imine (C=N–C) groups is 1. The van der Waals surface area contributed by atoms with Crippen LogP contribution in [0.1, 0.15) is 194 Å². The molecular formula is C85H111N14O29P3S2. The number of allylic oxidation sites excluding steroid dienone is 4. The number of nitrogens with two attached hydrogens (primary N) is 1. The number of aliphatic hydroxyl groups excluding tert-OH is 1. The van der Waals surface area contributed by atoms with Crippen LogP contribution in [0.3, 0.4) is 0 Å². The molecule has 3 saturated heterocycles. The summed E-state index contributed by atoms with van der Waals surface area (Å²) in [6, 6.07) is 10.5. The third kappa shape index (κ3) is 31.1. The lowest BCUT2D eigenvalue weighted by Crippen LogP contribution is -2.58. The second-order valence-electron chi connectivity index (χ2n) is 32.1. The van der Waals surface area contributed by atoms with E-state index in [9.17, 15) is 111 Å². The summed E-state index contributed by atoms with van der Waals surface area (Å²) in [4.78, 5) is 235. The van der Waals surface area contributed by atoms with E-state index in [1.165, 1.54) is 78.6 Å². The van der Waals surface area contributed by atoms with Crippen molar-refractivity contribution in [3.63, 3.8) is 0 Å². The maximum absolute atomic E-state index is 14.8. The zero-order chi connectivity index (χ0) is 97.2. The second-order valence-corrected chi connectivity index (χ2v) is 39.2. The number of nitrogens with zero attached hydrogens (tertiary/aromatic N) is 6. The van der Waals surface area contributed by atoms with Gasteiger partial charge in [0.1, 0.15) is 48.4 Å². The van der Waals surface area contributed by atoms with Crippen LogP contribution in [-0.4, -0.2) is 267 Å². The highest BCUT2D eigenvalue weighted by atomic mass is 33.1. The lowest BCUT2D eigenvalue weighted by atomic mass is 9.65. The molecular weight excluding hydrogens is 1840 g/mol. The average molecular weight is 1950 g/mol. The number of aliphatic carboxylic acids is 3. The van der Waals surface area contributed by atoms with Crippen LogP contribution < -0.4 is 48.6 Å². The summed E-state index contributed by atoms with van der Waals surface area (Å²) in [6.07, 6.45) is 3.07. The number of hydrogen-bond donors (Lipinski definition) is 16. The van der Waals surface area contributed by atoms with E-state index in [0.717, 1.165) is 51.8 Å². The molecule has 5 aliphatic rings. The minimum absolute atomic E-state index is 0.00568. The number of benzene rings is 3. The minimum Gasteiger partial charge on any atom is -0.481 e. The molecule has 9 rings (SSSR count). The zero-order valence-electron chi connectivity index (χ0n) is 73.6. The lowest BCUT2D eigenvalue weighted by Gasteiger charge is -2.38. The van der Waals surface area contributed by atoms with Crippen LogP contribution in [-0.2, 0) is 92.4 Å². The third-order valence-electron chi connectivity index (χ3n) is 22.4. The number of carboxylic acid groups (broad SMARTS) is 3. The molecule has 3 aromatic carbocycles. The summed E-state index contributed by atoms with van der Waals surface area (Å²) in [5.41, 5.74) is 15.1. The van der Waals surface area contributed by atoms with Gasteiger partial charge in [0.15, 0.2) is 0 Å². The number of phosphoric acid groups is 3. The number of likely N-dealkylation sites (tertiary alicyclic amines) is 2. The first-order valence-electron chi connectivity index (χ1n) is 43.1. The normalized spacial score (nSPS) is 19.8. The van der Waals surface area contributed by atoms with E-state index in [4.69, 9.17) is 25.2 Å². The molecule has 133 heavy (non-hydrogen) atoms. The molecule has 17 N–H and O–H groups in total.